The Balaban J connectivity index is 5.20. The molecule has 588 valence electrons. The number of carbonyl (C=O) groups excluding carboxylic acids is 4. The van der Waals surface area contributed by atoms with Crippen molar-refractivity contribution in [3.05, 3.63) is 0 Å². The standard InChI is InChI=1S/C80H156O17P2/c1-8-10-11-12-13-14-15-29-35-40-49-56-63-79(84)97-76(68-91-78(83)62-55-48-43-42-45-52-59-72(5)6)70-95-99(88,89)93-66-74(81)65-92-98(86,87)94-69-75(67-90-77(82)61-54-47-39-34-30-26-22-23-27-32-37-44-51-58-71(3)4)96-80(85)64-57-50-41-36-31-25-21-19-17-16-18-20-24-28-33-38-46-53-60-73(7)9-2/h71-76,81H,8-70H2,1-7H3,(H,86,87)(H,88,89)/t73?,74-,75-,76-/m1/s1. The maximum atomic E-state index is 13.1. The van der Waals surface area contributed by atoms with Crippen molar-refractivity contribution in [2.24, 2.45) is 17.8 Å². The Morgan fingerprint density at radius 2 is 0.515 bits per heavy atom. The van der Waals surface area contributed by atoms with Crippen molar-refractivity contribution in [2.45, 2.75) is 433 Å². The fraction of sp³-hybridized carbons (Fsp3) is 0.950. The topological polar surface area (TPSA) is 237 Å². The Morgan fingerprint density at radius 3 is 0.768 bits per heavy atom. The minimum Gasteiger partial charge on any atom is -0.462 e. The van der Waals surface area contributed by atoms with E-state index in [1.807, 2.05) is 0 Å². The van der Waals surface area contributed by atoms with Crippen LogP contribution in [0.2, 0.25) is 0 Å². The first-order valence-electron chi connectivity index (χ1n) is 41.4. The molecule has 0 fully saturated rings. The number of hydrogen-bond donors (Lipinski definition) is 3. The Labute approximate surface area is 607 Å². The Hall–Kier alpha value is -1.94. The number of esters is 4. The van der Waals surface area contributed by atoms with E-state index in [1.54, 1.807) is 0 Å². The average molecular weight is 1450 g/mol. The summed E-state index contributed by atoms with van der Waals surface area (Å²) in [4.78, 5) is 72.9. The smallest absolute Gasteiger partial charge is 0.462 e. The molecule has 0 aromatic heterocycles. The predicted octanol–water partition coefficient (Wildman–Crippen LogP) is 23.7. The van der Waals surface area contributed by atoms with E-state index in [0.29, 0.717) is 31.6 Å². The number of aliphatic hydroxyl groups is 1. The van der Waals surface area contributed by atoms with Crippen LogP contribution in [0.15, 0.2) is 0 Å². The highest BCUT2D eigenvalue weighted by Crippen LogP contribution is 2.45. The van der Waals surface area contributed by atoms with Gasteiger partial charge in [0.1, 0.15) is 19.3 Å². The predicted molar refractivity (Wildman–Crippen MR) is 405 cm³/mol. The van der Waals surface area contributed by atoms with E-state index in [2.05, 4.69) is 48.5 Å². The average Bonchev–Trinajstić information content (AvgIpc) is 1.05. The third-order valence-electron chi connectivity index (χ3n) is 19.0. The lowest BCUT2D eigenvalue weighted by molar-refractivity contribution is -0.161. The summed E-state index contributed by atoms with van der Waals surface area (Å²) in [6.45, 7) is 11.9. The van der Waals surface area contributed by atoms with Gasteiger partial charge < -0.3 is 33.8 Å². The minimum atomic E-state index is -4.96. The molecule has 0 rings (SSSR count). The highest BCUT2D eigenvalue weighted by atomic mass is 31.2. The highest BCUT2D eigenvalue weighted by molar-refractivity contribution is 7.47. The Morgan fingerprint density at radius 1 is 0.293 bits per heavy atom. The number of rotatable bonds is 78. The molecule has 6 atom stereocenters. The van der Waals surface area contributed by atoms with Gasteiger partial charge in [0.15, 0.2) is 12.2 Å². The fourth-order valence-corrected chi connectivity index (χ4v) is 13.9. The van der Waals surface area contributed by atoms with E-state index in [9.17, 15) is 43.2 Å². The summed E-state index contributed by atoms with van der Waals surface area (Å²) in [5.41, 5.74) is 0. The molecule has 0 spiro atoms. The molecule has 0 amide bonds. The lowest BCUT2D eigenvalue weighted by atomic mass is 9.99. The zero-order valence-corrected chi connectivity index (χ0v) is 66.8. The van der Waals surface area contributed by atoms with Crippen LogP contribution < -0.4 is 0 Å². The van der Waals surface area contributed by atoms with Gasteiger partial charge in [-0.2, -0.15) is 0 Å². The third kappa shape index (κ3) is 72.8. The summed E-state index contributed by atoms with van der Waals surface area (Å²) < 4.78 is 68.6. The van der Waals surface area contributed by atoms with Crippen molar-refractivity contribution in [1.29, 1.82) is 0 Å². The van der Waals surface area contributed by atoms with Gasteiger partial charge in [-0.05, 0) is 43.4 Å². The summed E-state index contributed by atoms with van der Waals surface area (Å²) in [5.74, 6) is 0.227. The normalized spacial score (nSPS) is 14.3. The molecular formula is C80H156O17P2. The molecule has 0 saturated carbocycles. The summed E-state index contributed by atoms with van der Waals surface area (Å²) in [6.07, 6.45) is 58.4. The van der Waals surface area contributed by atoms with E-state index in [0.717, 1.165) is 108 Å². The minimum absolute atomic E-state index is 0.106. The van der Waals surface area contributed by atoms with Crippen molar-refractivity contribution < 1.29 is 80.2 Å². The van der Waals surface area contributed by atoms with Gasteiger partial charge in [0.05, 0.1) is 26.4 Å². The van der Waals surface area contributed by atoms with Crippen LogP contribution >= 0.6 is 15.6 Å². The van der Waals surface area contributed by atoms with Crippen molar-refractivity contribution >= 4 is 39.5 Å². The summed E-state index contributed by atoms with van der Waals surface area (Å²) in [7, 11) is -9.92. The second-order valence-electron chi connectivity index (χ2n) is 30.0. The molecule has 99 heavy (non-hydrogen) atoms. The van der Waals surface area contributed by atoms with Crippen molar-refractivity contribution in [3.8, 4) is 0 Å². The quantitative estimate of drug-likeness (QED) is 0.0222. The van der Waals surface area contributed by atoms with Crippen LogP contribution in [0.4, 0.5) is 0 Å². The molecule has 0 radical (unpaired) electrons. The second-order valence-corrected chi connectivity index (χ2v) is 32.9. The maximum Gasteiger partial charge on any atom is 0.472 e. The number of unbranched alkanes of at least 4 members (excludes halogenated alkanes) is 45. The Kier molecular flexibility index (Phi) is 69.0. The monoisotopic (exact) mass is 1450 g/mol. The maximum absolute atomic E-state index is 13.1. The number of hydrogen-bond acceptors (Lipinski definition) is 15. The van der Waals surface area contributed by atoms with E-state index in [-0.39, 0.29) is 25.7 Å². The van der Waals surface area contributed by atoms with Crippen molar-refractivity contribution in [2.75, 3.05) is 39.6 Å². The molecule has 0 saturated heterocycles. The van der Waals surface area contributed by atoms with Crippen LogP contribution in [-0.2, 0) is 65.4 Å². The van der Waals surface area contributed by atoms with Crippen LogP contribution in [0.5, 0.6) is 0 Å². The molecule has 0 aromatic carbocycles. The molecule has 3 N–H and O–H groups in total. The first kappa shape index (κ1) is 97.1. The lowest BCUT2D eigenvalue weighted by Gasteiger charge is -2.21. The van der Waals surface area contributed by atoms with Gasteiger partial charge in [0.25, 0.3) is 0 Å². The molecule has 0 bridgehead atoms. The SMILES string of the molecule is CCCCCCCCCCCCCCC(=O)O[C@H](COC(=O)CCCCCCCCC(C)C)COP(=O)(O)OC[C@H](O)COP(=O)(O)OC[C@@H](COC(=O)CCCCCCCCCCCCCCCC(C)C)OC(=O)CCCCCCCCCCCCCCCCCCCCC(C)CC. The van der Waals surface area contributed by atoms with Gasteiger partial charge in [0, 0.05) is 25.7 Å². The van der Waals surface area contributed by atoms with Crippen LogP contribution in [0, 0.1) is 17.8 Å². The van der Waals surface area contributed by atoms with E-state index in [4.69, 9.17) is 37.0 Å². The molecule has 0 aliphatic carbocycles. The lowest BCUT2D eigenvalue weighted by Crippen LogP contribution is -2.30. The van der Waals surface area contributed by atoms with Crippen molar-refractivity contribution in [1.82, 2.24) is 0 Å². The zero-order chi connectivity index (χ0) is 73.0. The molecule has 19 heteroatoms. The number of phosphoric acid groups is 2. The molecule has 0 heterocycles. The number of ether oxygens (including phenoxy) is 4. The number of phosphoric ester groups is 2. The number of aliphatic hydroxyl groups excluding tert-OH is 1. The molecule has 0 aliphatic rings. The van der Waals surface area contributed by atoms with Crippen LogP contribution in [0.3, 0.4) is 0 Å². The van der Waals surface area contributed by atoms with E-state index >= 15 is 0 Å². The zero-order valence-electron chi connectivity index (χ0n) is 65.0. The van der Waals surface area contributed by atoms with Gasteiger partial charge in [-0.3, -0.25) is 37.3 Å². The van der Waals surface area contributed by atoms with Gasteiger partial charge in [-0.1, -0.05) is 363 Å². The van der Waals surface area contributed by atoms with Crippen LogP contribution in [0.25, 0.3) is 0 Å². The van der Waals surface area contributed by atoms with Crippen LogP contribution in [0.1, 0.15) is 414 Å². The first-order valence-corrected chi connectivity index (χ1v) is 44.4. The number of carbonyl (C=O) groups is 4. The summed E-state index contributed by atoms with van der Waals surface area (Å²) in [5, 5.41) is 10.6. The fourth-order valence-electron chi connectivity index (χ4n) is 12.3. The van der Waals surface area contributed by atoms with Gasteiger partial charge in [0.2, 0.25) is 0 Å². The largest absolute Gasteiger partial charge is 0.472 e. The van der Waals surface area contributed by atoms with Gasteiger partial charge >= 0.3 is 39.5 Å². The summed E-state index contributed by atoms with van der Waals surface area (Å²) in [6, 6.07) is 0. The molecular weight excluding hydrogens is 1290 g/mol. The molecule has 3 unspecified atom stereocenters. The van der Waals surface area contributed by atoms with E-state index in [1.165, 1.54) is 218 Å². The molecule has 0 aromatic rings. The molecule has 0 aliphatic heterocycles. The second kappa shape index (κ2) is 70.4. The van der Waals surface area contributed by atoms with E-state index < -0.39 is 97.5 Å². The molecule has 17 nitrogen and oxygen atoms in total. The first-order chi connectivity index (χ1) is 47.8. The third-order valence-corrected chi connectivity index (χ3v) is 20.9. The summed E-state index contributed by atoms with van der Waals surface area (Å²) >= 11 is 0. The highest BCUT2D eigenvalue weighted by Gasteiger charge is 2.30. The van der Waals surface area contributed by atoms with Crippen LogP contribution in [-0.4, -0.2) is 96.7 Å². The van der Waals surface area contributed by atoms with Gasteiger partial charge in [-0.15, -0.1) is 0 Å². The Bertz CT molecular complexity index is 1920. The van der Waals surface area contributed by atoms with Gasteiger partial charge in [-0.25, -0.2) is 9.13 Å². The van der Waals surface area contributed by atoms with Crippen molar-refractivity contribution in [3.63, 3.8) is 0 Å².